The quantitative estimate of drug-likeness (QED) is 0.446. The van der Waals surface area contributed by atoms with E-state index in [1.54, 1.807) is 65.3 Å². The first-order chi connectivity index (χ1) is 16.1. The predicted octanol–water partition coefficient (Wildman–Crippen LogP) is 3.63. The molecule has 2 amide bonds. The van der Waals surface area contributed by atoms with Crippen LogP contribution in [0.25, 0.3) is 17.1 Å². The van der Waals surface area contributed by atoms with Crippen molar-refractivity contribution in [2.24, 2.45) is 0 Å². The van der Waals surface area contributed by atoms with Crippen molar-refractivity contribution in [2.45, 2.75) is 0 Å². The molecule has 3 heterocycles. The van der Waals surface area contributed by atoms with Crippen LogP contribution in [0.15, 0.2) is 71.3 Å². The van der Waals surface area contributed by atoms with Gasteiger partial charge in [0.2, 0.25) is 0 Å². The Kier molecular flexibility index (Phi) is 5.45. The lowest BCUT2D eigenvalue weighted by Crippen LogP contribution is -2.41. The zero-order chi connectivity index (χ0) is 22.8. The third-order valence-corrected chi connectivity index (χ3v) is 5.10. The molecule has 10 heteroatoms. The minimum Gasteiger partial charge on any atom is -0.486 e. The number of nitrogens with zero attached hydrogens (tertiary/aromatic N) is 2. The highest BCUT2D eigenvalue weighted by Crippen LogP contribution is 2.30. The summed E-state index contributed by atoms with van der Waals surface area (Å²) in [4.78, 5) is 25.3. The van der Waals surface area contributed by atoms with Crippen LogP contribution in [0.3, 0.4) is 0 Å². The SMILES string of the molecule is O=C(NNC(=O)c1cc(-c2ccco2)n(-c2cccc(Cl)c2)n1)c1ccc2c(c1)OCCO2. The Morgan fingerprint density at radius 1 is 0.909 bits per heavy atom. The molecule has 0 saturated carbocycles. The van der Waals surface area contributed by atoms with Gasteiger partial charge in [0.05, 0.1) is 12.0 Å². The summed E-state index contributed by atoms with van der Waals surface area (Å²) in [6, 6.07) is 16.9. The molecule has 0 radical (unpaired) electrons. The summed E-state index contributed by atoms with van der Waals surface area (Å²) in [7, 11) is 0. The summed E-state index contributed by atoms with van der Waals surface area (Å²) in [5, 5.41) is 4.90. The predicted molar refractivity (Wildman–Crippen MR) is 119 cm³/mol. The normalized spacial score (nSPS) is 12.3. The Bertz CT molecular complexity index is 1330. The average Bonchev–Trinajstić information content (AvgIpc) is 3.52. The molecule has 33 heavy (non-hydrogen) atoms. The van der Waals surface area contributed by atoms with Gasteiger partial charge in [0.1, 0.15) is 18.9 Å². The van der Waals surface area contributed by atoms with Crippen LogP contribution in [0.4, 0.5) is 0 Å². The number of furan rings is 1. The molecule has 0 aliphatic carbocycles. The maximum Gasteiger partial charge on any atom is 0.290 e. The molecular weight excluding hydrogens is 448 g/mol. The first kappa shape index (κ1) is 20.7. The molecule has 5 rings (SSSR count). The van der Waals surface area contributed by atoms with Crippen molar-refractivity contribution in [2.75, 3.05) is 13.2 Å². The highest BCUT2D eigenvalue weighted by atomic mass is 35.5. The standard InChI is InChI=1S/C23H17ClN4O5/c24-15-3-1-4-16(12-15)28-18(19-5-2-8-31-19)13-17(27-28)23(30)26-25-22(29)14-6-7-20-21(11-14)33-10-9-32-20/h1-8,11-13H,9-10H2,(H,25,29)(H,26,30). The number of rotatable bonds is 4. The van der Waals surface area contributed by atoms with Crippen LogP contribution in [0.1, 0.15) is 20.8 Å². The third kappa shape index (κ3) is 4.26. The van der Waals surface area contributed by atoms with Crippen molar-refractivity contribution in [3.8, 4) is 28.6 Å². The summed E-state index contributed by atoms with van der Waals surface area (Å²) in [5.41, 5.74) is 6.34. The van der Waals surface area contributed by atoms with E-state index in [1.165, 1.54) is 6.26 Å². The van der Waals surface area contributed by atoms with Gasteiger partial charge in [0, 0.05) is 16.7 Å². The van der Waals surface area contributed by atoms with Crippen LogP contribution in [0.2, 0.25) is 5.02 Å². The number of hydrazine groups is 1. The number of halogens is 1. The molecule has 4 aromatic rings. The lowest BCUT2D eigenvalue weighted by atomic mass is 10.2. The van der Waals surface area contributed by atoms with E-state index < -0.39 is 11.8 Å². The van der Waals surface area contributed by atoms with Gasteiger partial charge in [0.25, 0.3) is 11.8 Å². The molecule has 2 aromatic heterocycles. The van der Waals surface area contributed by atoms with Gasteiger partial charge >= 0.3 is 0 Å². The van der Waals surface area contributed by atoms with Gasteiger partial charge in [-0.25, -0.2) is 4.68 Å². The molecule has 1 aliphatic heterocycles. The largest absolute Gasteiger partial charge is 0.486 e. The van der Waals surface area contributed by atoms with E-state index in [9.17, 15) is 9.59 Å². The zero-order valence-corrected chi connectivity index (χ0v) is 17.8. The van der Waals surface area contributed by atoms with Gasteiger partial charge in [-0.15, -0.1) is 0 Å². The Balaban J connectivity index is 1.35. The van der Waals surface area contributed by atoms with E-state index in [0.29, 0.717) is 52.4 Å². The summed E-state index contributed by atoms with van der Waals surface area (Å²) in [6.45, 7) is 0.860. The molecule has 2 N–H and O–H groups in total. The van der Waals surface area contributed by atoms with Crippen LogP contribution in [-0.4, -0.2) is 34.8 Å². The van der Waals surface area contributed by atoms with Crippen molar-refractivity contribution < 1.29 is 23.5 Å². The van der Waals surface area contributed by atoms with Crippen molar-refractivity contribution >= 4 is 23.4 Å². The van der Waals surface area contributed by atoms with Gasteiger partial charge in [-0.1, -0.05) is 17.7 Å². The Labute approximate surface area is 192 Å². The molecule has 9 nitrogen and oxygen atoms in total. The summed E-state index contributed by atoms with van der Waals surface area (Å²) >= 11 is 6.12. The van der Waals surface area contributed by atoms with E-state index in [-0.39, 0.29) is 5.69 Å². The molecular formula is C23H17ClN4O5. The highest BCUT2D eigenvalue weighted by Gasteiger charge is 2.20. The fourth-order valence-electron chi connectivity index (χ4n) is 3.33. The number of hydrogen-bond acceptors (Lipinski definition) is 6. The number of carbonyl (C=O) groups excluding carboxylic acids is 2. The Hall–Kier alpha value is -4.24. The Morgan fingerprint density at radius 3 is 2.52 bits per heavy atom. The number of carbonyl (C=O) groups is 2. The van der Waals surface area contributed by atoms with Gasteiger partial charge in [-0.3, -0.25) is 20.4 Å². The van der Waals surface area contributed by atoms with E-state index >= 15 is 0 Å². The second-order valence-corrected chi connectivity index (χ2v) is 7.49. The minimum atomic E-state index is -0.602. The smallest absolute Gasteiger partial charge is 0.290 e. The second-order valence-electron chi connectivity index (χ2n) is 7.05. The van der Waals surface area contributed by atoms with Gasteiger partial charge in [-0.05, 0) is 48.5 Å². The minimum absolute atomic E-state index is 0.0730. The number of hydrogen-bond donors (Lipinski definition) is 2. The molecule has 0 bridgehead atoms. The first-order valence-corrected chi connectivity index (χ1v) is 10.4. The lowest BCUT2D eigenvalue weighted by Gasteiger charge is -2.18. The molecule has 0 spiro atoms. The van der Waals surface area contributed by atoms with E-state index in [1.807, 2.05) is 0 Å². The van der Waals surface area contributed by atoms with Crippen molar-refractivity contribution in [3.63, 3.8) is 0 Å². The average molecular weight is 465 g/mol. The second kappa shape index (κ2) is 8.71. The molecule has 0 atom stereocenters. The van der Waals surface area contributed by atoms with Crippen LogP contribution < -0.4 is 20.3 Å². The summed E-state index contributed by atoms with van der Waals surface area (Å²) in [6.07, 6.45) is 1.53. The number of ether oxygens (including phenoxy) is 2. The van der Waals surface area contributed by atoms with Gasteiger partial charge in [-0.2, -0.15) is 5.10 Å². The molecule has 0 fully saturated rings. The zero-order valence-electron chi connectivity index (χ0n) is 17.1. The molecule has 2 aromatic carbocycles. The first-order valence-electron chi connectivity index (χ1n) is 9.99. The summed E-state index contributed by atoms with van der Waals surface area (Å²) < 4.78 is 18.0. The number of fused-ring (bicyclic) bond motifs is 1. The topological polar surface area (TPSA) is 108 Å². The maximum atomic E-state index is 12.7. The number of amides is 2. The maximum absolute atomic E-state index is 12.7. The van der Waals surface area contributed by atoms with Crippen molar-refractivity contribution in [1.82, 2.24) is 20.6 Å². The molecule has 0 unspecified atom stereocenters. The number of nitrogens with one attached hydrogen (secondary N) is 2. The van der Waals surface area contributed by atoms with E-state index in [4.69, 9.17) is 25.5 Å². The fourth-order valence-corrected chi connectivity index (χ4v) is 3.52. The monoisotopic (exact) mass is 464 g/mol. The van der Waals surface area contributed by atoms with Crippen LogP contribution >= 0.6 is 11.6 Å². The highest BCUT2D eigenvalue weighted by molar-refractivity contribution is 6.30. The third-order valence-electron chi connectivity index (χ3n) is 4.86. The van der Waals surface area contributed by atoms with Crippen LogP contribution in [-0.2, 0) is 0 Å². The van der Waals surface area contributed by atoms with Crippen molar-refractivity contribution in [3.05, 3.63) is 83.2 Å². The van der Waals surface area contributed by atoms with Gasteiger partial charge < -0.3 is 13.9 Å². The van der Waals surface area contributed by atoms with Crippen molar-refractivity contribution in [1.29, 1.82) is 0 Å². The van der Waals surface area contributed by atoms with E-state index in [2.05, 4.69) is 16.0 Å². The molecule has 1 aliphatic rings. The van der Waals surface area contributed by atoms with E-state index in [0.717, 1.165) is 0 Å². The van der Waals surface area contributed by atoms with Crippen LogP contribution in [0.5, 0.6) is 11.5 Å². The molecule has 0 saturated heterocycles. The lowest BCUT2D eigenvalue weighted by molar-refractivity contribution is 0.0843. The number of benzene rings is 2. The Morgan fingerprint density at radius 2 is 1.73 bits per heavy atom. The summed E-state index contributed by atoms with van der Waals surface area (Å²) in [5.74, 6) is 0.444. The fraction of sp³-hybridized carbons (Fsp3) is 0.0870. The van der Waals surface area contributed by atoms with Crippen LogP contribution in [0, 0.1) is 0 Å². The van der Waals surface area contributed by atoms with Gasteiger partial charge in [0.15, 0.2) is 23.0 Å². The molecule has 166 valence electrons. The number of aromatic nitrogens is 2.